The summed E-state index contributed by atoms with van der Waals surface area (Å²) in [4.78, 5) is 26.2. The Morgan fingerprint density at radius 2 is 1.61 bits per heavy atom. The van der Waals surface area contributed by atoms with Crippen LogP contribution in [-0.2, 0) is 6.42 Å². The number of anilines is 2. The van der Waals surface area contributed by atoms with Gasteiger partial charge in [0.1, 0.15) is 10.8 Å². The molecule has 5 rings (SSSR count). The van der Waals surface area contributed by atoms with E-state index in [1.165, 1.54) is 16.2 Å². The van der Waals surface area contributed by atoms with E-state index < -0.39 is 0 Å². The van der Waals surface area contributed by atoms with Crippen molar-refractivity contribution >= 4 is 34.1 Å². The number of ether oxygens (including phenoxy) is 1. The number of methoxy groups -OCH3 is 1. The molecule has 0 radical (unpaired) electrons. The zero-order chi connectivity index (χ0) is 22.8. The molecule has 33 heavy (non-hydrogen) atoms. The van der Waals surface area contributed by atoms with E-state index in [0.29, 0.717) is 33.5 Å². The second-order valence-electron chi connectivity index (χ2n) is 7.22. The highest BCUT2D eigenvalue weighted by molar-refractivity contribution is 7.15. The van der Waals surface area contributed by atoms with Crippen molar-refractivity contribution in [3.05, 3.63) is 76.8 Å². The summed E-state index contributed by atoms with van der Waals surface area (Å²) in [5.41, 5.74) is 2.56. The molecule has 10 heteroatoms. The van der Waals surface area contributed by atoms with Gasteiger partial charge in [0.15, 0.2) is 5.82 Å². The predicted octanol–water partition coefficient (Wildman–Crippen LogP) is 3.59. The maximum absolute atomic E-state index is 12.5. The van der Waals surface area contributed by atoms with E-state index in [1.807, 2.05) is 36.4 Å². The highest BCUT2D eigenvalue weighted by Gasteiger charge is 2.34. The summed E-state index contributed by atoms with van der Waals surface area (Å²) in [6.45, 7) is 0.247. The van der Waals surface area contributed by atoms with Crippen LogP contribution in [0.2, 0.25) is 0 Å². The standard InChI is InChI=1S/C23H18N6O3S/c1-32-15-8-6-14(7-9-15)18-10-11-19(26-25-18)24-23-28-27-20(33-23)12-13-29-21(30)16-4-2-3-5-17(16)22(29)31/h2-11H,12-13H2,1H3,(H,24,26,28). The van der Waals surface area contributed by atoms with Crippen LogP contribution < -0.4 is 10.1 Å². The zero-order valence-electron chi connectivity index (χ0n) is 17.6. The second-order valence-corrected chi connectivity index (χ2v) is 8.28. The van der Waals surface area contributed by atoms with Crippen molar-refractivity contribution in [3.8, 4) is 17.0 Å². The van der Waals surface area contributed by atoms with Gasteiger partial charge in [0.25, 0.3) is 11.8 Å². The van der Waals surface area contributed by atoms with E-state index in [4.69, 9.17) is 4.74 Å². The minimum absolute atomic E-state index is 0.247. The fourth-order valence-corrected chi connectivity index (χ4v) is 4.21. The van der Waals surface area contributed by atoms with Gasteiger partial charge in [-0.3, -0.25) is 14.5 Å². The molecule has 0 saturated carbocycles. The van der Waals surface area contributed by atoms with Crippen LogP contribution in [0.1, 0.15) is 25.7 Å². The van der Waals surface area contributed by atoms with Gasteiger partial charge in [-0.25, -0.2) is 0 Å². The zero-order valence-corrected chi connectivity index (χ0v) is 18.4. The molecule has 1 aliphatic heterocycles. The Hall–Kier alpha value is -4.18. The van der Waals surface area contributed by atoms with Gasteiger partial charge >= 0.3 is 0 Å². The number of fused-ring (bicyclic) bond motifs is 1. The number of hydrogen-bond acceptors (Lipinski definition) is 9. The summed E-state index contributed by atoms with van der Waals surface area (Å²) in [6.07, 6.45) is 0.424. The van der Waals surface area contributed by atoms with Crippen LogP contribution in [0.15, 0.2) is 60.7 Å². The lowest BCUT2D eigenvalue weighted by molar-refractivity contribution is 0.0656. The molecule has 2 aromatic heterocycles. The smallest absolute Gasteiger partial charge is 0.261 e. The van der Waals surface area contributed by atoms with Gasteiger partial charge in [0, 0.05) is 18.5 Å². The Labute approximate surface area is 193 Å². The molecule has 1 aliphatic rings. The van der Waals surface area contributed by atoms with Crippen LogP contribution in [0.25, 0.3) is 11.3 Å². The molecule has 0 spiro atoms. The number of aromatic nitrogens is 4. The van der Waals surface area contributed by atoms with Crippen LogP contribution in [0.3, 0.4) is 0 Å². The van der Waals surface area contributed by atoms with Gasteiger partial charge in [-0.1, -0.05) is 23.5 Å². The Morgan fingerprint density at radius 3 is 2.24 bits per heavy atom. The Morgan fingerprint density at radius 1 is 0.879 bits per heavy atom. The van der Waals surface area contributed by atoms with Gasteiger partial charge in [-0.15, -0.1) is 20.4 Å². The predicted molar refractivity (Wildman–Crippen MR) is 123 cm³/mol. The lowest BCUT2D eigenvalue weighted by atomic mass is 10.1. The molecule has 1 N–H and O–H groups in total. The van der Waals surface area contributed by atoms with Crippen LogP contribution in [0, 0.1) is 0 Å². The summed E-state index contributed by atoms with van der Waals surface area (Å²) >= 11 is 1.34. The number of carbonyl (C=O) groups is 2. The van der Waals surface area contributed by atoms with E-state index in [1.54, 1.807) is 31.4 Å². The molecule has 164 valence electrons. The summed E-state index contributed by atoms with van der Waals surface area (Å²) in [5, 5.41) is 21.1. The number of nitrogens with zero attached hydrogens (tertiary/aromatic N) is 5. The van der Waals surface area contributed by atoms with Crippen molar-refractivity contribution in [1.29, 1.82) is 0 Å². The molecule has 0 saturated heterocycles. The van der Waals surface area contributed by atoms with Gasteiger partial charge < -0.3 is 10.1 Å². The Balaban J connectivity index is 1.20. The third-order valence-corrected chi connectivity index (χ3v) is 6.08. The van der Waals surface area contributed by atoms with E-state index >= 15 is 0 Å². The number of hydrogen-bond donors (Lipinski definition) is 1. The monoisotopic (exact) mass is 458 g/mol. The average Bonchev–Trinajstić information content (AvgIpc) is 3.40. The van der Waals surface area contributed by atoms with Crippen LogP contribution >= 0.6 is 11.3 Å². The van der Waals surface area contributed by atoms with Gasteiger partial charge in [-0.2, -0.15) is 0 Å². The van der Waals surface area contributed by atoms with Gasteiger partial charge in [-0.05, 0) is 48.5 Å². The quantitative estimate of drug-likeness (QED) is 0.419. The molecule has 0 unspecified atom stereocenters. The molecule has 0 aliphatic carbocycles. The highest BCUT2D eigenvalue weighted by Crippen LogP contribution is 2.25. The normalized spacial score (nSPS) is 12.7. The third-order valence-electron chi connectivity index (χ3n) is 5.18. The summed E-state index contributed by atoms with van der Waals surface area (Å²) < 4.78 is 5.17. The molecule has 4 aromatic rings. The summed E-state index contributed by atoms with van der Waals surface area (Å²) in [5.74, 6) is 0.770. The fourth-order valence-electron chi connectivity index (χ4n) is 3.48. The highest BCUT2D eigenvalue weighted by atomic mass is 32.1. The lowest BCUT2D eigenvalue weighted by Gasteiger charge is -2.12. The molecule has 2 aromatic carbocycles. The molecule has 9 nitrogen and oxygen atoms in total. The fraction of sp³-hybridized carbons (Fsp3) is 0.130. The van der Waals surface area contributed by atoms with Crippen LogP contribution in [-0.4, -0.2) is 50.8 Å². The van der Waals surface area contributed by atoms with E-state index in [0.717, 1.165) is 17.0 Å². The molecular formula is C23H18N6O3S. The van der Waals surface area contributed by atoms with Crippen molar-refractivity contribution in [3.63, 3.8) is 0 Å². The first-order chi connectivity index (χ1) is 16.1. The van der Waals surface area contributed by atoms with Crippen molar-refractivity contribution in [1.82, 2.24) is 25.3 Å². The maximum Gasteiger partial charge on any atom is 0.261 e. The molecule has 2 amide bonds. The minimum atomic E-state index is -0.273. The van der Waals surface area contributed by atoms with Gasteiger partial charge in [0.2, 0.25) is 5.13 Å². The summed E-state index contributed by atoms with van der Waals surface area (Å²) in [7, 11) is 1.62. The first-order valence-corrected chi connectivity index (χ1v) is 11.0. The molecule has 0 atom stereocenters. The van der Waals surface area contributed by atoms with Crippen molar-refractivity contribution in [2.45, 2.75) is 6.42 Å². The SMILES string of the molecule is COc1ccc(-c2ccc(Nc3nnc(CCN4C(=O)c5ccccc5C4=O)s3)nn2)cc1. The van der Waals surface area contributed by atoms with E-state index in [9.17, 15) is 9.59 Å². The first kappa shape index (κ1) is 20.7. The average molecular weight is 459 g/mol. The number of rotatable bonds is 7. The van der Waals surface area contributed by atoms with Gasteiger partial charge in [0.05, 0.1) is 23.9 Å². The number of amides is 2. The first-order valence-electron chi connectivity index (χ1n) is 10.1. The number of benzene rings is 2. The van der Waals surface area contributed by atoms with Crippen LogP contribution in [0.5, 0.6) is 5.75 Å². The lowest BCUT2D eigenvalue weighted by Crippen LogP contribution is -2.31. The van der Waals surface area contributed by atoms with E-state index in [-0.39, 0.29) is 18.4 Å². The van der Waals surface area contributed by atoms with Crippen molar-refractivity contribution < 1.29 is 14.3 Å². The molecule has 3 heterocycles. The summed E-state index contributed by atoms with van der Waals surface area (Å²) in [6, 6.07) is 18.1. The Bertz CT molecular complexity index is 1290. The number of imide groups is 1. The van der Waals surface area contributed by atoms with E-state index in [2.05, 4.69) is 25.7 Å². The topological polar surface area (TPSA) is 110 Å². The molecule has 0 fully saturated rings. The molecular weight excluding hydrogens is 440 g/mol. The number of carbonyl (C=O) groups excluding carboxylic acids is 2. The maximum atomic E-state index is 12.5. The second kappa shape index (κ2) is 8.75. The van der Waals surface area contributed by atoms with Crippen molar-refractivity contribution in [2.24, 2.45) is 0 Å². The largest absolute Gasteiger partial charge is 0.497 e. The molecule has 0 bridgehead atoms. The minimum Gasteiger partial charge on any atom is -0.497 e. The van der Waals surface area contributed by atoms with Crippen molar-refractivity contribution in [2.75, 3.05) is 19.0 Å². The Kier molecular flexibility index (Phi) is 5.49. The third kappa shape index (κ3) is 4.15. The van der Waals surface area contributed by atoms with Crippen LogP contribution in [0.4, 0.5) is 10.9 Å². The number of nitrogens with one attached hydrogen (secondary N) is 1.